The molecule has 0 fully saturated rings. The standard InChI is InChI=1S/C37H62O7S2/c1-33(2,3)23-15-21(16-24(29(23)41)34(4,5)6)45-37(13,14)46-22-17-25(35(7,8)9)32(26(18-22)36(10,11)12)44-20-28(40)31(43)30(42)27(39)19-38/h15-17,22,27-28,30-31,38-43H,18-20H2,1-14H3/t22?,27-,28+,30+,31+/m0/s1. The van der Waals surface area contributed by atoms with Crippen molar-refractivity contribution in [3.8, 4) is 5.75 Å². The largest absolute Gasteiger partial charge is 0.507 e. The van der Waals surface area contributed by atoms with Crippen LogP contribution in [0.5, 0.6) is 5.75 Å². The molecule has 1 unspecified atom stereocenters. The quantitative estimate of drug-likeness (QED) is 0.107. The summed E-state index contributed by atoms with van der Waals surface area (Å²) in [6.45, 7) is 29.0. The Morgan fingerprint density at radius 3 is 1.63 bits per heavy atom. The minimum atomic E-state index is -1.71. The lowest BCUT2D eigenvalue weighted by atomic mass is 9.74. The maximum Gasteiger partial charge on any atom is 0.123 e. The molecule has 46 heavy (non-hydrogen) atoms. The topological polar surface area (TPSA) is 131 Å². The van der Waals surface area contributed by atoms with E-state index < -0.39 is 31.0 Å². The number of phenolic OH excluding ortho intramolecular Hbond substituents is 1. The van der Waals surface area contributed by atoms with Crippen LogP contribution in [0.4, 0.5) is 0 Å². The Balaban J connectivity index is 2.46. The fourth-order valence-electron chi connectivity index (χ4n) is 5.57. The summed E-state index contributed by atoms with van der Waals surface area (Å²) >= 11 is 3.69. The molecule has 0 heterocycles. The van der Waals surface area contributed by atoms with Gasteiger partial charge >= 0.3 is 0 Å². The summed E-state index contributed by atoms with van der Waals surface area (Å²) in [5, 5.41) is 61.4. The van der Waals surface area contributed by atoms with Crippen LogP contribution in [0.2, 0.25) is 0 Å². The highest BCUT2D eigenvalue weighted by molar-refractivity contribution is 8.18. The molecule has 0 radical (unpaired) electrons. The predicted molar refractivity (Wildman–Crippen MR) is 193 cm³/mol. The second kappa shape index (κ2) is 14.7. The van der Waals surface area contributed by atoms with Crippen molar-refractivity contribution in [2.75, 3.05) is 13.2 Å². The molecule has 0 saturated carbocycles. The molecule has 6 N–H and O–H groups in total. The summed E-state index contributed by atoms with van der Waals surface area (Å²) in [5.41, 5.74) is 3.02. The van der Waals surface area contributed by atoms with E-state index in [-0.39, 0.29) is 37.6 Å². The second-order valence-corrected chi connectivity index (χ2v) is 21.0. The summed E-state index contributed by atoms with van der Waals surface area (Å²) in [6.07, 6.45) is -3.46. The average Bonchev–Trinajstić information content (AvgIpc) is 2.88. The zero-order valence-corrected chi connectivity index (χ0v) is 32.3. The van der Waals surface area contributed by atoms with Crippen LogP contribution in [0, 0.1) is 10.8 Å². The Morgan fingerprint density at radius 1 is 0.739 bits per heavy atom. The van der Waals surface area contributed by atoms with Crippen molar-refractivity contribution >= 4 is 23.5 Å². The van der Waals surface area contributed by atoms with E-state index in [0.717, 1.165) is 33.6 Å². The van der Waals surface area contributed by atoms with Crippen LogP contribution in [-0.2, 0) is 15.6 Å². The maximum absolute atomic E-state index is 11.2. The van der Waals surface area contributed by atoms with Gasteiger partial charge in [-0.1, -0.05) is 89.2 Å². The second-order valence-electron chi connectivity index (χ2n) is 17.2. The molecule has 0 bridgehead atoms. The van der Waals surface area contributed by atoms with Gasteiger partial charge in [-0.2, -0.15) is 0 Å². The van der Waals surface area contributed by atoms with Crippen molar-refractivity contribution in [2.45, 2.75) is 153 Å². The highest BCUT2D eigenvalue weighted by atomic mass is 32.2. The van der Waals surface area contributed by atoms with E-state index in [1.165, 1.54) is 0 Å². The van der Waals surface area contributed by atoms with E-state index in [9.17, 15) is 25.5 Å². The number of ether oxygens (including phenoxy) is 1. The number of aliphatic hydroxyl groups excluding tert-OH is 5. The van der Waals surface area contributed by atoms with Gasteiger partial charge in [0.05, 0.1) is 10.7 Å². The molecule has 0 spiro atoms. The fraction of sp³-hybridized carbons (Fsp3) is 0.730. The molecule has 1 aliphatic rings. The molecular weight excluding hydrogens is 621 g/mol. The predicted octanol–water partition coefficient (Wildman–Crippen LogP) is 7.05. The summed E-state index contributed by atoms with van der Waals surface area (Å²) in [6, 6.07) is 4.27. The third-order valence-corrected chi connectivity index (χ3v) is 10.9. The fourth-order valence-corrected chi connectivity index (χ4v) is 8.52. The Hall–Kier alpha value is -1.20. The maximum atomic E-state index is 11.2. The van der Waals surface area contributed by atoms with Crippen LogP contribution in [0.3, 0.4) is 0 Å². The van der Waals surface area contributed by atoms with Gasteiger partial charge in [0, 0.05) is 21.3 Å². The zero-order valence-electron chi connectivity index (χ0n) is 30.6. The van der Waals surface area contributed by atoms with Crippen molar-refractivity contribution in [2.24, 2.45) is 10.8 Å². The lowest BCUT2D eigenvalue weighted by molar-refractivity contribution is -0.125. The molecule has 2 rings (SSSR count). The third-order valence-electron chi connectivity index (χ3n) is 8.21. The molecule has 264 valence electrons. The van der Waals surface area contributed by atoms with Crippen LogP contribution in [0.1, 0.15) is 114 Å². The van der Waals surface area contributed by atoms with Gasteiger partial charge in [0.2, 0.25) is 0 Å². The van der Waals surface area contributed by atoms with Crippen LogP contribution >= 0.6 is 23.5 Å². The van der Waals surface area contributed by atoms with Crippen LogP contribution < -0.4 is 0 Å². The first-order chi connectivity index (χ1) is 20.6. The number of phenols is 1. The smallest absolute Gasteiger partial charge is 0.123 e. The lowest BCUT2D eigenvalue weighted by Gasteiger charge is -2.40. The zero-order chi connectivity index (χ0) is 35.8. The van der Waals surface area contributed by atoms with Gasteiger partial charge in [0.15, 0.2) is 0 Å². The highest BCUT2D eigenvalue weighted by Crippen LogP contribution is 2.52. The van der Waals surface area contributed by atoms with Gasteiger partial charge < -0.3 is 35.4 Å². The number of benzene rings is 1. The number of aromatic hydroxyl groups is 1. The van der Waals surface area contributed by atoms with Gasteiger partial charge in [-0.25, -0.2) is 0 Å². The average molecular weight is 683 g/mol. The van der Waals surface area contributed by atoms with Crippen LogP contribution in [0.15, 0.2) is 40.0 Å². The van der Waals surface area contributed by atoms with Gasteiger partial charge in [0.1, 0.15) is 42.5 Å². The van der Waals surface area contributed by atoms with E-state index in [1.807, 2.05) is 11.8 Å². The highest BCUT2D eigenvalue weighted by Gasteiger charge is 2.39. The van der Waals surface area contributed by atoms with Crippen molar-refractivity contribution < 1.29 is 35.4 Å². The molecule has 7 nitrogen and oxygen atoms in total. The molecule has 9 heteroatoms. The molecule has 5 atom stereocenters. The van der Waals surface area contributed by atoms with E-state index in [4.69, 9.17) is 9.84 Å². The molecule has 0 aliphatic heterocycles. The minimum absolute atomic E-state index is 0.136. The summed E-state index contributed by atoms with van der Waals surface area (Å²) < 4.78 is 6.07. The molecular formula is C37H62O7S2. The van der Waals surface area contributed by atoms with E-state index >= 15 is 0 Å². The molecule has 1 aliphatic carbocycles. The van der Waals surface area contributed by atoms with E-state index in [0.29, 0.717) is 11.5 Å². The number of allylic oxidation sites excluding steroid dienone is 2. The van der Waals surface area contributed by atoms with Crippen LogP contribution in [-0.4, -0.2) is 77.6 Å². The van der Waals surface area contributed by atoms with Crippen LogP contribution in [0.25, 0.3) is 0 Å². The van der Waals surface area contributed by atoms with Gasteiger partial charge in [-0.05, 0) is 65.2 Å². The SMILES string of the molecule is CC(C)(Sc1cc(C(C)(C)C)c(O)c(C(C)(C)C)c1)SC1C=C(C(C)(C)C)C(OC[C@@H](O)[C@@H](O)[C@H](O)[C@@H](O)CO)=C(C(C)(C)C)C1. The number of rotatable bonds is 11. The summed E-state index contributed by atoms with van der Waals surface area (Å²) in [4.78, 5) is 1.12. The molecule has 0 amide bonds. The third kappa shape index (κ3) is 10.6. The van der Waals surface area contributed by atoms with Gasteiger partial charge in [-0.3, -0.25) is 0 Å². The first kappa shape index (κ1) is 41.0. The Labute approximate surface area is 286 Å². The van der Waals surface area contributed by atoms with Crippen molar-refractivity contribution in [1.29, 1.82) is 0 Å². The Bertz CT molecular complexity index is 1220. The van der Waals surface area contributed by atoms with Crippen molar-refractivity contribution in [3.05, 3.63) is 46.2 Å². The first-order valence-electron chi connectivity index (χ1n) is 16.3. The molecule has 1 aromatic rings. The Kier molecular flexibility index (Phi) is 13.1. The number of hydrogen-bond acceptors (Lipinski definition) is 9. The number of hydrogen-bond donors (Lipinski definition) is 6. The minimum Gasteiger partial charge on any atom is -0.507 e. The molecule has 1 aromatic carbocycles. The lowest BCUT2D eigenvalue weighted by Crippen LogP contribution is -2.47. The van der Waals surface area contributed by atoms with Crippen molar-refractivity contribution in [3.63, 3.8) is 0 Å². The van der Waals surface area contributed by atoms with E-state index in [1.54, 1.807) is 11.8 Å². The monoisotopic (exact) mass is 682 g/mol. The van der Waals surface area contributed by atoms with Gasteiger partial charge in [-0.15, -0.1) is 23.5 Å². The summed E-state index contributed by atoms with van der Waals surface area (Å²) in [7, 11) is 0. The number of aliphatic hydroxyl groups is 5. The Morgan fingerprint density at radius 2 is 1.22 bits per heavy atom. The first-order valence-corrected chi connectivity index (χ1v) is 18.0. The molecule has 0 saturated heterocycles. The van der Waals surface area contributed by atoms with E-state index in [2.05, 4.69) is 115 Å². The number of thioether (sulfide) groups is 2. The molecule has 0 aromatic heterocycles. The normalized spacial score (nSPS) is 19.9. The van der Waals surface area contributed by atoms with Gasteiger partial charge in [0.25, 0.3) is 0 Å². The van der Waals surface area contributed by atoms with Crippen molar-refractivity contribution in [1.82, 2.24) is 0 Å². The summed E-state index contributed by atoms with van der Waals surface area (Å²) in [5.74, 6) is 1.07.